The molecule has 1 saturated carbocycles. The highest BCUT2D eigenvalue weighted by molar-refractivity contribution is 5.70. The SMILES string of the molecule is CCN(CC)c1cccc(OC2(CC(=O)OC)CCC2)c1. The van der Waals surface area contributed by atoms with Gasteiger partial charge in [-0.25, -0.2) is 0 Å². The van der Waals surface area contributed by atoms with Crippen molar-refractivity contribution in [2.75, 3.05) is 25.1 Å². The van der Waals surface area contributed by atoms with E-state index in [1.165, 1.54) is 7.11 Å². The van der Waals surface area contributed by atoms with Crippen LogP contribution in [0.4, 0.5) is 5.69 Å². The Morgan fingerprint density at radius 3 is 2.52 bits per heavy atom. The maximum absolute atomic E-state index is 11.6. The Kier molecular flexibility index (Phi) is 5.10. The molecule has 1 aliphatic rings. The number of anilines is 1. The standard InChI is InChI=1S/C17H25NO3/c1-4-18(5-2)14-8-6-9-15(12-14)21-17(10-7-11-17)13-16(19)20-3/h6,8-9,12H,4-5,7,10-11,13H2,1-3H3. The van der Waals surface area contributed by atoms with Gasteiger partial charge in [0.15, 0.2) is 0 Å². The Morgan fingerprint density at radius 1 is 1.29 bits per heavy atom. The van der Waals surface area contributed by atoms with Crippen molar-refractivity contribution in [2.24, 2.45) is 0 Å². The zero-order chi connectivity index (χ0) is 15.3. The van der Waals surface area contributed by atoms with Gasteiger partial charge >= 0.3 is 5.97 Å². The van der Waals surface area contributed by atoms with E-state index < -0.39 is 0 Å². The van der Waals surface area contributed by atoms with Gasteiger partial charge in [-0.2, -0.15) is 0 Å². The first kappa shape index (κ1) is 15.7. The molecule has 1 aromatic rings. The smallest absolute Gasteiger partial charge is 0.309 e. The third-order valence-corrected chi connectivity index (χ3v) is 4.24. The molecule has 0 atom stereocenters. The maximum atomic E-state index is 11.6. The molecule has 0 saturated heterocycles. The lowest BCUT2D eigenvalue weighted by atomic mass is 9.77. The molecule has 0 N–H and O–H groups in total. The van der Waals surface area contributed by atoms with E-state index in [4.69, 9.17) is 9.47 Å². The van der Waals surface area contributed by atoms with Crippen LogP contribution >= 0.6 is 0 Å². The normalized spacial score (nSPS) is 16.0. The molecule has 21 heavy (non-hydrogen) atoms. The molecule has 0 aliphatic heterocycles. The summed E-state index contributed by atoms with van der Waals surface area (Å²) in [4.78, 5) is 13.8. The Hall–Kier alpha value is -1.71. The number of ether oxygens (including phenoxy) is 2. The third-order valence-electron chi connectivity index (χ3n) is 4.24. The fraction of sp³-hybridized carbons (Fsp3) is 0.588. The molecule has 0 amide bonds. The van der Waals surface area contributed by atoms with Gasteiger partial charge in [0.2, 0.25) is 0 Å². The van der Waals surface area contributed by atoms with Gasteiger partial charge in [0.05, 0.1) is 13.5 Å². The molecule has 1 fully saturated rings. The molecular weight excluding hydrogens is 266 g/mol. The molecule has 116 valence electrons. The van der Waals surface area contributed by atoms with Gasteiger partial charge < -0.3 is 14.4 Å². The number of benzene rings is 1. The van der Waals surface area contributed by atoms with E-state index in [0.29, 0.717) is 6.42 Å². The lowest BCUT2D eigenvalue weighted by Gasteiger charge is -2.41. The summed E-state index contributed by atoms with van der Waals surface area (Å²) >= 11 is 0. The van der Waals surface area contributed by atoms with Crippen molar-refractivity contribution >= 4 is 11.7 Å². The molecular formula is C17H25NO3. The van der Waals surface area contributed by atoms with Crippen LogP contribution in [0.2, 0.25) is 0 Å². The number of rotatable bonds is 7. The Bertz CT molecular complexity index is 479. The highest BCUT2D eigenvalue weighted by atomic mass is 16.5. The summed E-state index contributed by atoms with van der Waals surface area (Å²) in [7, 11) is 1.43. The lowest BCUT2D eigenvalue weighted by molar-refractivity contribution is -0.148. The van der Waals surface area contributed by atoms with Crippen LogP contribution in [0.25, 0.3) is 0 Å². The highest BCUT2D eigenvalue weighted by Crippen LogP contribution is 2.40. The second-order valence-corrected chi connectivity index (χ2v) is 5.56. The largest absolute Gasteiger partial charge is 0.487 e. The van der Waals surface area contributed by atoms with Gasteiger partial charge in [0, 0.05) is 24.8 Å². The second-order valence-electron chi connectivity index (χ2n) is 5.56. The van der Waals surface area contributed by atoms with Gasteiger partial charge in [-0.05, 0) is 45.2 Å². The minimum Gasteiger partial charge on any atom is -0.487 e. The summed E-state index contributed by atoms with van der Waals surface area (Å²) in [6, 6.07) is 8.12. The Balaban J connectivity index is 2.11. The van der Waals surface area contributed by atoms with Crippen molar-refractivity contribution in [3.05, 3.63) is 24.3 Å². The van der Waals surface area contributed by atoms with E-state index >= 15 is 0 Å². The van der Waals surface area contributed by atoms with Crippen LogP contribution in [0, 0.1) is 0 Å². The zero-order valence-electron chi connectivity index (χ0n) is 13.2. The van der Waals surface area contributed by atoms with E-state index in [1.54, 1.807) is 0 Å². The quantitative estimate of drug-likeness (QED) is 0.722. The van der Waals surface area contributed by atoms with Crippen molar-refractivity contribution in [3.63, 3.8) is 0 Å². The van der Waals surface area contributed by atoms with Gasteiger partial charge in [0.1, 0.15) is 11.4 Å². The molecule has 0 heterocycles. The average Bonchev–Trinajstić information content (AvgIpc) is 2.46. The van der Waals surface area contributed by atoms with Gasteiger partial charge in [-0.3, -0.25) is 4.79 Å². The molecule has 2 rings (SSSR count). The summed E-state index contributed by atoms with van der Waals surface area (Å²) in [6.45, 7) is 6.21. The predicted molar refractivity (Wildman–Crippen MR) is 83.8 cm³/mol. The van der Waals surface area contributed by atoms with Gasteiger partial charge in [0.25, 0.3) is 0 Å². The number of methoxy groups -OCH3 is 1. The third kappa shape index (κ3) is 3.69. The predicted octanol–water partition coefficient (Wildman–Crippen LogP) is 3.40. The molecule has 1 aliphatic carbocycles. The van der Waals surface area contributed by atoms with Crippen LogP contribution in [0.3, 0.4) is 0 Å². The first-order valence-corrected chi connectivity index (χ1v) is 7.73. The van der Waals surface area contributed by atoms with Crippen molar-refractivity contribution < 1.29 is 14.3 Å². The van der Waals surface area contributed by atoms with Crippen LogP contribution in [-0.4, -0.2) is 31.8 Å². The lowest BCUT2D eigenvalue weighted by Crippen LogP contribution is -2.45. The van der Waals surface area contributed by atoms with E-state index in [0.717, 1.165) is 43.8 Å². The van der Waals surface area contributed by atoms with Gasteiger partial charge in [-0.1, -0.05) is 6.07 Å². The molecule has 0 bridgehead atoms. The highest BCUT2D eigenvalue weighted by Gasteiger charge is 2.41. The first-order valence-electron chi connectivity index (χ1n) is 7.73. The maximum Gasteiger partial charge on any atom is 0.309 e. The van der Waals surface area contributed by atoms with Crippen molar-refractivity contribution in [3.8, 4) is 5.75 Å². The number of carbonyl (C=O) groups is 1. The minimum absolute atomic E-state index is 0.199. The average molecular weight is 291 g/mol. The summed E-state index contributed by atoms with van der Waals surface area (Å²) in [5.74, 6) is 0.637. The molecule has 4 heteroatoms. The molecule has 0 unspecified atom stereocenters. The van der Waals surface area contributed by atoms with Crippen LogP contribution in [0.1, 0.15) is 39.5 Å². The second kappa shape index (κ2) is 6.83. The fourth-order valence-corrected chi connectivity index (χ4v) is 2.80. The molecule has 0 radical (unpaired) electrons. The fourth-order valence-electron chi connectivity index (χ4n) is 2.80. The summed E-state index contributed by atoms with van der Waals surface area (Å²) in [5, 5.41) is 0. The summed E-state index contributed by atoms with van der Waals surface area (Å²) < 4.78 is 11.0. The molecule has 4 nitrogen and oxygen atoms in total. The van der Waals surface area contributed by atoms with Crippen molar-refractivity contribution in [1.82, 2.24) is 0 Å². The number of hydrogen-bond acceptors (Lipinski definition) is 4. The number of esters is 1. The van der Waals surface area contributed by atoms with Crippen LogP contribution in [0.5, 0.6) is 5.75 Å². The summed E-state index contributed by atoms with van der Waals surface area (Å²) in [6.07, 6.45) is 3.26. The molecule has 0 aromatic heterocycles. The zero-order valence-corrected chi connectivity index (χ0v) is 13.2. The number of nitrogens with zero attached hydrogens (tertiary/aromatic N) is 1. The Labute approximate surface area is 127 Å². The van der Waals surface area contributed by atoms with E-state index in [1.807, 2.05) is 12.1 Å². The van der Waals surface area contributed by atoms with Crippen molar-refractivity contribution in [2.45, 2.75) is 45.1 Å². The first-order chi connectivity index (χ1) is 10.1. The number of hydrogen-bond donors (Lipinski definition) is 0. The van der Waals surface area contributed by atoms with Crippen LogP contribution in [-0.2, 0) is 9.53 Å². The number of carbonyl (C=O) groups excluding carboxylic acids is 1. The van der Waals surface area contributed by atoms with E-state index in [9.17, 15) is 4.79 Å². The van der Waals surface area contributed by atoms with Crippen LogP contribution < -0.4 is 9.64 Å². The van der Waals surface area contributed by atoms with E-state index in [2.05, 4.69) is 30.9 Å². The Morgan fingerprint density at radius 2 is 2.00 bits per heavy atom. The monoisotopic (exact) mass is 291 g/mol. The minimum atomic E-state index is -0.366. The van der Waals surface area contributed by atoms with Crippen LogP contribution in [0.15, 0.2) is 24.3 Å². The molecule has 0 spiro atoms. The van der Waals surface area contributed by atoms with Gasteiger partial charge in [-0.15, -0.1) is 0 Å². The topological polar surface area (TPSA) is 38.8 Å². The van der Waals surface area contributed by atoms with Crippen molar-refractivity contribution in [1.29, 1.82) is 0 Å². The van der Waals surface area contributed by atoms with E-state index in [-0.39, 0.29) is 11.6 Å². The molecule has 1 aromatic carbocycles. The summed E-state index contributed by atoms with van der Waals surface area (Å²) in [5.41, 5.74) is 0.791.